The lowest BCUT2D eigenvalue weighted by Gasteiger charge is -2.73. The molecular weight excluding hydrogens is 347 g/mol. The van der Waals surface area contributed by atoms with Crippen LogP contribution in [0.3, 0.4) is 0 Å². The summed E-state index contributed by atoms with van der Waals surface area (Å²) in [5.74, 6) is -0.209. The second kappa shape index (κ2) is 5.84. The van der Waals surface area contributed by atoms with Crippen molar-refractivity contribution in [3.05, 3.63) is 35.1 Å². The van der Waals surface area contributed by atoms with Gasteiger partial charge in [0.1, 0.15) is 5.82 Å². The summed E-state index contributed by atoms with van der Waals surface area (Å²) in [5.41, 5.74) is -1.28. The van der Waals surface area contributed by atoms with Crippen LogP contribution in [0.2, 0.25) is 0 Å². The summed E-state index contributed by atoms with van der Waals surface area (Å²) < 4.78 is 14.4. The molecule has 0 heterocycles. The summed E-state index contributed by atoms with van der Waals surface area (Å²) in [6, 6.07) is 5.18. The fourth-order valence-corrected chi connectivity index (χ4v) is 5.97. The number of halogens is 1. The van der Waals surface area contributed by atoms with Crippen molar-refractivity contribution in [2.24, 2.45) is 21.7 Å². The Kier molecular flexibility index (Phi) is 4.88. The average Bonchev–Trinajstić information content (AvgIpc) is 2.49. The van der Waals surface area contributed by atoms with Gasteiger partial charge in [-0.05, 0) is 44.9 Å². The third-order valence-electron chi connectivity index (χ3n) is 9.66. The van der Waals surface area contributed by atoms with Gasteiger partial charge in [0.25, 0.3) is 0 Å². The average molecular weight is 391 g/mol. The lowest BCUT2D eigenvalue weighted by Crippen LogP contribution is -2.78. The van der Waals surface area contributed by atoms with Crippen molar-refractivity contribution in [1.29, 1.82) is 0 Å². The number of rotatable bonds is 1. The Hall–Kier alpha value is -0.890. The largest absolute Gasteiger partial charge is 0.388 e. The smallest absolute Gasteiger partial charge is 0.123 e. The molecule has 1 aliphatic carbocycles. The van der Waals surface area contributed by atoms with Gasteiger partial charge in [0.15, 0.2) is 0 Å². The number of hydrogen-bond acceptors (Lipinski definition) is 1. The van der Waals surface area contributed by atoms with Crippen molar-refractivity contribution < 1.29 is 9.50 Å². The third-order valence-corrected chi connectivity index (χ3v) is 9.66. The molecule has 1 aromatic rings. The van der Waals surface area contributed by atoms with Crippen LogP contribution in [0, 0.1) is 27.5 Å². The van der Waals surface area contributed by atoms with E-state index in [-0.39, 0.29) is 16.6 Å². The Balaban J connectivity index is 3.17. The maximum atomic E-state index is 14.4. The van der Waals surface area contributed by atoms with Crippen molar-refractivity contribution in [1.82, 2.24) is 0 Å². The molecule has 0 bridgehead atoms. The third kappa shape index (κ3) is 2.39. The standard InChI is InChI=1S/C26H43FO/c1-20(2,3)23(9,10)26(28)24(11,12)22(7,8)19-16-17(27)14-15-18(19)25(26,13)21(4,5)6/h14-16,28H,1-13H3/t25-,26-/m1/s1. The van der Waals surface area contributed by atoms with E-state index in [4.69, 9.17) is 0 Å². The highest BCUT2D eigenvalue weighted by atomic mass is 19.1. The van der Waals surface area contributed by atoms with Gasteiger partial charge in [-0.25, -0.2) is 4.39 Å². The molecule has 1 N–H and O–H groups in total. The van der Waals surface area contributed by atoms with E-state index in [1.165, 1.54) is 0 Å². The highest BCUT2D eigenvalue weighted by Crippen LogP contribution is 2.72. The molecule has 0 fully saturated rings. The molecule has 0 saturated carbocycles. The fourth-order valence-electron chi connectivity index (χ4n) is 5.97. The maximum absolute atomic E-state index is 14.4. The lowest BCUT2D eigenvalue weighted by molar-refractivity contribution is -0.271. The van der Waals surface area contributed by atoms with Crippen molar-refractivity contribution >= 4 is 0 Å². The molecule has 0 spiro atoms. The molecule has 2 rings (SSSR count). The Morgan fingerprint density at radius 2 is 1.25 bits per heavy atom. The molecule has 0 unspecified atom stereocenters. The zero-order valence-corrected chi connectivity index (χ0v) is 20.6. The van der Waals surface area contributed by atoms with Crippen LogP contribution in [-0.2, 0) is 10.8 Å². The number of hydrogen-bond donors (Lipinski definition) is 1. The second-order valence-corrected chi connectivity index (χ2v) is 12.9. The van der Waals surface area contributed by atoms with E-state index in [1.54, 1.807) is 12.1 Å². The van der Waals surface area contributed by atoms with Gasteiger partial charge >= 0.3 is 0 Å². The predicted molar refractivity (Wildman–Crippen MR) is 118 cm³/mol. The normalized spacial score (nSPS) is 30.1. The first-order valence-corrected chi connectivity index (χ1v) is 10.7. The van der Waals surface area contributed by atoms with E-state index in [0.29, 0.717) is 0 Å². The predicted octanol–water partition coefficient (Wildman–Crippen LogP) is 7.25. The molecule has 160 valence electrons. The topological polar surface area (TPSA) is 20.2 Å². The molecule has 1 nitrogen and oxygen atoms in total. The van der Waals surface area contributed by atoms with Gasteiger partial charge in [0, 0.05) is 10.8 Å². The van der Waals surface area contributed by atoms with Gasteiger partial charge in [0.2, 0.25) is 0 Å². The minimum absolute atomic E-state index is 0.140. The van der Waals surface area contributed by atoms with Crippen LogP contribution in [0.15, 0.2) is 18.2 Å². The van der Waals surface area contributed by atoms with Gasteiger partial charge in [0.05, 0.1) is 5.60 Å². The maximum Gasteiger partial charge on any atom is 0.123 e. The Labute approximate surface area is 173 Å². The van der Waals surface area contributed by atoms with Crippen LogP contribution in [0.25, 0.3) is 0 Å². The molecule has 0 aliphatic heterocycles. The summed E-state index contributed by atoms with van der Waals surface area (Å²) in [6.07, 6.45) is 0. The summed E-state index contributed by atoms with van der Waals surface area (Å²) in [4.78, 5) is 0. The van der Waals surface area contributed by atoms with E-state index >= 15 is 0 Å². The molecule has 1 aliphatic rings. The van der Waals surface area contributed by atoms with Crippen LogP contribution < -0.4 is 0 Å². The summed E-state index contributed by atoms with van der Waals surface area (Å²) >= 11 is 0. The first-order valence-electron chi connectivity index (χ1n) is 10.7. The van der Waals surface area contributed by atoms with Crippen LogP contribution in [0.4, 0.5) is 4.39 Å². The van der Waals surface area contributed by atoms with Crippen LogP contribution in [0.1, 0.15) is 101 Å². The molecule has 0 aromatic heterocycles. The molecule has 0 amide bonds. The fraction of sp³-hybridized carbons (Fsp3) is 0.769. The van der Waals surface area contributed by atoms with Crippen molar-refractivity contribution in [2.45, 2.75) is 106 Å². The van der Waals surface area contributed by atoms with Gasteiger partial charge in [-0.15, -0.1) is 0 Å². The van der Waals surface area contributed by atoms with E-state index in [9.17, 15) is 9.50 Å². The Morgan fingerprint density at radius 3 is 1.64 bits per heavy atom. The molecule has 1 aromatic carbocycles. The van der Waals surface area contributed by atoms with E-state index < -0.39 is 27.3 Å². The van der Waals surface area contributed by atoms with E-state index in [1.807, 2.05) is 6.07 Å². The minimum atomic E-state index is -1.06. The molecule has 28 heavy (non-hydrogen) atoms. The SMILES string of the molecule is CC(C)(C)C(C)(C)[C@@]1(O)C(C)(C)C(C)(C)c2cc(F)ccc2[C@]1(C)C(C)(C)C. The zero-order valence-electron chi connectivity index (χ0n) is 20.6. The van der Waals surface area contributed by atoms with Gasteiger partial charge in [-0.3, -0.25) is 0 Å². The highest BCUT2D eigenvalue weighted by Gasteiger charge is 2.75. The lowest BCUT2D eigenvalue weighted by atomic mass is 9.32. The first kappa shape index (κ1) is 23.4. The summed E-state index contributed by atoms with van der Waals surface area (Å²) in [7, 11) is 0. The van der Waals surface area contributed by atoms with Crippen LogP contribution in [-0.4, -0.2) is 10.7 Å². The highest BCUT2D eigenvalue weighted by molar-refractivity contribution is 5.51. The van der Waals surface area contributed by atoms with Crippen molar-refractivity contribution in [2.75, 3.05) is 0 Å². The quantitative estimate of drug-likeness (QED) is 0.535. The van der Waals surface area contributed by atoms with Gasteiger partial charge in [-0.2, -0.15) is 0 Å². The van der Waals surface area contributed by atoms with Gasteiger partial charge in [-0.1, -0.05) is 96.1 Å². The summed E-state index contributed by atoms with van der Waals surface area (Å²) in [5, 5.41) is 13.1. The molecule has 2 heteroatoms. The molecule has 0 radical (unpaired) electrons. The van der Waals surface area contributed by atoms with Crippen LogP contribution in [0.5, 0.6) is 0 Å². The Morgan fingerprint density at radius 1 is 0.786 bits per heavy atom. The van der Waals surface area contributed by atoms with Crippen molar-refractivity contribution in [3.63, 3.8) is 0 Å². The zero-order chi connectivity index (χ0) is 22.4. The monoisotopic (exact) mass is 390 g/mol. The van der Waals surface area contributed by atoms with Crippen LogP contribution >= 0.6 is 0 Å². The number of benzene rings is 1. The summed E-state index contributed by atoms with van der Waals surface area (Å²) in [6.45, 7) is 28.6. The molecule has 0 saturated heterocycles. The minimum Gasteiger partial charge on any atom is -0.388 e. The number of aliphatic hydroxyl groups is 1. The van der Waals surface area contributed by atoms with Crippen molar-refractivity contribution in [3.8, 4) is 0 Å². The van der Waals surface area contributed by atoms with Gasteiger partial charge < -0.3 is 5.11 Å². The number of fused-ring (bicyclic) bond motifs is 1. The molecular formula is C26H43FO. The van der Waals surface area contributed by atoms with E-state index in [2.05, 4.69) is 90.0 Å². The van der Waals surface area contributed by atoms with E-state index in [0.717, 1.165) is 11.1 Å². The first-order chi connectivity index (χ1) is 12.1. The molecule has 2 atom stereocenters. The second-order valence-electron chi connectivity index (χ2n) is 12.9. The Bertz CT molecular complexity index is 773.